The lowest BCUT2D eigenvalue weighted by Crippen LogP contribution is -2.32. The number of hydrogen-bond acceptors (Lipinski definition) is 3. The second kappa shape index (κ2) is 9.77. The summed E-state index contributed by atoms with van der Waals surface area (Å²) in [7, 11) is -0.772. The Balaban J connectivity index is 1.86. The Morgan fingerprint density at radius 2 is 1.86 bits per heavy atom. The van der Waals surface area contributed by atoms with E-state index in [9.17, 15) is 10.1 Å². The molecule has 2 N–H and O–H groups in total. The van der Waals surface area contributed by atoms with Gasteiger partial charge in [0.25, 0.3) is 0 Å². The molecule has 4 heteroatoms. The van der Waals surface area contributed by atoms with Crippen molar-refractivity contribution in [3.63, 3.8) is 0 Å². The number of allylic oxidation sites excluding steroid dienone is 2. The second-order valence-electron chi connectivity index (χ2n) is 7.79. The molecule has 0 saturated carbocycles. The first kappa shape index (κ1) is 21.2. The molecule has 1 unspecified atom stereocenters. The van der Waals surface area contributed by atoms with E-state index in [0.717, 1.165) is 40.7 Å². The largest absolute Gasteiger partial charge is 0.507 e. The van der Waals surface area contributed by atoms with Gasteiger partial charge in [0.15, 0.2) is 0 Å². The first-order valence-corrected chi connectivity index (χ1v) is 10.2. The van der Waals surface area contributed by atoms with Crippen molar-refractivity contribution in [2.45, 2.75) is 39.1 Å². The van der Waals surface area contributed by atoms with Gasteiger partial charge in [-0.15, -0.1) is 0 Å². The predicted octanol–water partition coefficient (Wildman–Crippen LogP) is 5.73. The number of benzene rings is 2. The van der Waals surface area contributed by atoms with Crippen LogP contribution in [-0.4, -0.2) is 23.4 Å². The van der Waals surface area contributed by atoms with Gasteiger partial charge >= 0.3 is 7.12 Å². The maximum atomic E-state index is 10.2. The Bertz CT molecular complexity index is 899. The summed E-state index contributed by atoms with van der Waals surface area (Å²) in [5.74, 6) is 0.590. The number of phenolic OH excluding ortho intramolecular Hbond substituents is 1. The molecule has 0 aromatic heterocycles. The molecule has 1 aliphatic rings. The van der Waals surface area contributed by atoms with E-state index in [2.05, 4.69) is 38.6 Å². The maximum absolute atomic E-state index is 10.2. The summed E-state index contributed by atoms with van der Waals surface area (Å²) in [5, 5.41) is 20.2. The summed E-state index contributed by atoms with van der Waals surface area (Å²) < 4.78 is 5.88. The van der Waals surface area contributed by atoms with E-state index in [4.69, 9.17) is 4.65 Å². The summed E-state index contributed by atoms with van der Waals surface area (Å²) in [6.45, 7) is 8.49. The van der Waals surface area contributed by atoms with Crippen LogP contribution in [0.25, 0.3) is 11.6 Å². The minimum atomic E-state index is -0.772. The summed E-state index contributed by atoms with van der Waals surface area (Å²) in [6.07, 6.45) is 5.88. The second-order valence-corrected chi connectivity index (χ2v) is 7.79. The van der Waals surface area contributed by atoms with Gasteiger partial charge in [0.1, 0.15) is 5.75 Å². The Labute approximate surface area is 174 Å². The van der Waals surface area contributed by atoms with Crippen LogP contribution in [-0.2, 0) is 4.65 Å². The molecule has 1 aliphatic heterocycles. The zero-order valence-corrected chi connectivity index (χ0v) is 17.2. The van der Waals surface area contributed by atoms with Crippen LogP contribution in [0.15, 0.2) is 78.4 Å². The molecule has 0 fully saturated rings. The topological polar surface area (TPSA) is 49.7 Å². The van der Waals surface area contributed by atoms with E-state index < -0.39 is 7.12 Å². The van der Waals surface area contributed by atoms with Crippen LogP contribution in [0.3, 0.4) is 0 Å². The molecule has 3 rings (SSSR count). The molecule has 0 spiro atoms. The zero-order chi connectivity index (χ0) is 20.8. The van der Waals surface area contributed by atoms with Crippen molar-refractivity contribution in [1.29, 1.82) is 0 Å². The van der Waals surface area contributed by atoms with Gasteiger partial charge in [0.2, 0.25) is 0 Å². The fourth-order valence-electron chi connectivity index (χ4n) is 3.61. The monoisotopic (exact) mass is 388 g/mol. The SMILES string of the molecule is C=C(C1=CCB(O)OC1CC/C(=C/c1ccccc1O)c1ccccc1)C(C)C. The van der Waals surface area contributed by atoms with Crippen molar-refractivity contribution in [1.82, 2.24) is 0 Å². The van der Waals surface area contributed by atoms with E-state index in [-0.39, 0.29) is 11.9 Å². The van der Waals surface area contributed by atoms with Crippen molar-refractivity contribution in [2.75, 3.05) is 0 Å². The van der Waals surface area contributed by atoms with Crippen LogP contribution < -0.4 is 0 Å². The molecule has 0 saturated heterocycles. The molecule has 2 aromatic rings. The number of rotatable bonds is 7. The van der Waals surface area contributed by atoms with Gasteiger partial charge in [-0.25, -0.2) is 0 Å². The van der Waals surface area contributed by atoms with Crippen molar-refractivity contribution >= 4 is 18.8 Å². The lowest BCUT2D eigenvalue weighted by atomic mass is 9.76. The molecular weight excluding hydrogens is 359 g/mol. The molecule has 1 atom stereocenters. The van der Waals surface area contributed by atoms with Crippen molar-refractivity contribution in [2.24, 2.45) is 5.92 Å². The van der Waals surface area contributed by atoms with Gasteiger partial charge in [-0.05, 0) is 53.2 Å². The normalized spacial score (nSPS) is 17.4. The Morgan fingerprint density at radius 1 is 1.17 bits per heavy atom. The zero-order valence-electron chi connectivity index (χ0n) is 17.2. The molecule has 1 heterocycles. The third kappa shape index (κ3) is 5.50. The van der Waals surface area contributed by atoms with E-state index in [1.54, 1.807) is 6.07 Å². The predicted molar refractivity (Wildman–Crippen MR) is 121 cm³/mol. The van der Waals surface area contributed by atoms with Gasteiger partial charge < -0.3 is 14.8 Å². The molecule has 0 bridgehead atoms. The highest BCUT2D eigenvalue weighted by molar-refractivity contribution is 6.43. The van der Waals surface area contributed by atoms with Gasteiger partial charge in [-0.3, -0.25) is 0 Å². The van der Waals surface area contributed by atoms with Crippen LogP contribution in [0, 0.1) is 5.92 Å². The first-order valence-electron chi connectivity index (χ1n) is 10.2. The van der Waals surface area contributed by atoms with Crippen LogP contribution in [0.4, 0.5) is 0 Å². The third-order valence-corrected chi connectivity index (χ3v) is 5.36. The molecule has 2 aromatic carbocycles. The van der Waals surface area contributed by atoms with Gasteiger partial charge in [0, 0.05) is 11.9 Å². The maximum Gasteiger partial charge on any atom is 0.458 e. The minimum Gasteiger partial charge on any atom is -0.507 e. The standard InChI is InChI=1S/C25H29BO3/c1-18(2)19(3)23-15-16-26(28)29-25(23)14-13-21(20-9-5-4-6-10-20)17-22-11-7-8-12-24(22)27/h4-12,15,17-18,25,27-28H,3,13-14,16H2,1-2H3/b21-17-. The first-order chi connectivity index (χ1) is 14.0. The third-order valence-electron chi connectivity index (χ3n) is 5.36. The fraction of sp³-hybridized carbons (Fsp3) is 0.280. The van der Waals surface area contributed by atoms with E-state index >= 15 is 0 Å². The smallest absolute Gasteiger partial charge is 0.458 e. The molecular formula is C25H29BO3. The highest BCUT2D eigenvalue weighted by Crippen LogP contribution is 2.33. The van der Waals surface area contributed by atoms with Gasteiger partial charge in [-0.2, -0.15) is 0 Å². The average Bonchev–Trinajstić information content (AvgIpc) is 2.72. The number of phenols is 1. The Hall–Kier alpha value is -2.56. The molecule has 0 amide bonds. The molecule has 0 radical (unpaired) electrons. The average molecular weight is 388 g/mol. The van der Waals surface area contributed by atoms with E-state index in [1.165, 1.54) is 0 Å². The Morgan fingerprint density at radius 3 is 2.55 bits per heavy atom. The van der Waals surface area contributed by atoms with Crippen LogP contribution >= 0.6 is 0 Å². The van der Waals surface area contributed by atoms with Crippen molar-refractivity contribution in [3.05, 3.63) is 89.5 Å². The lowest BCUT2D eigenvalue weighted by Gasteiger charge is -2.30. The number of hydrogen-bond donors (Lipinski definition) is 2. The quantitative estimate of drug-likeness (QED) is 0.470. The summed E-state index contributed by atoms with van der Waals surface area (Å²) in [6, 6.07) is 17.5. The summed E-state index contributed by atoms with van der Waals surface area (Å²) >= 11 is 0. The minimum absolute atomic E-state index is 0.190. The van der Waals surface area contributed by atoms with Crippen molar-refractivity contribution < 1.29 is 14.8 Å². The molecule has 0 aliphatic carbocycles. The van der Waals surface area contributed by atoms with Crippen LogP contribution in [0.1, 0.15) is 37.8 Å². The van der Waals surface area contributed by atoms with E-state index in [1.807, 2.05) is 42.5 Å². The van der Waals surface area contributed by atoms with Crippen LogP contribution in [0.2, 0.25) is 6.32 Å². The number of para-hydroxylation sites is 1. The molecule has 29 heavy (non-hydrogen) atoms. The van der Waals surface area contributed by atoms with Crippen LogP contribution in [0.5, 0.6) is 5.75 Å². The van der Waals surface area contributed by atoms with Crippen molar-refractivity contribution in [3.8, 4) is 5.75 Å². The van der Waals surface area contributed by atoms with E-state index in [0.29, 0.717) is 12.2 Å². The fourth-order valence-corrected chi connectivity index (χ4v) is 3.61. The van der Waals surface area contributed by atoms with Gasteiger partial charge in [-0.1, -0.05) is 75.0 Å². The molecule has 3 nitrogen and oxygen atoms in total. The summed E-state index contributed by atoms with van der Waals surface area (Å²) in [5.41, 5.74) is 5.18. The summed E-state index contributed by atoms with van der Waals surface area (Å²) in [4.78, 5) is 0. The molecule has 150 valence electrons. The highest BCUT2D eigenvalue weighted by Gasteiger charge is 2.29. The van der Waals surface area contributed by atoms with Gasteiger partial charge in [0.05, 0.1) is 6.10 Å². The highest BCUT2D eigenvalue weighted by atomic mass is 16.5. The number of aromatic hydroxyl groups is 1. The lowest BCUT2D eigenvalue weighted by molar-refractivity contribution is 0.183. The Kier molecular flexibility index (Phi) is 7.13.